The van der Waals surface area contributed by atoms with Gasteiger partial charge in [-0.05, 0) is 55.9 Å². The number of aliphatic imine (C=N–C) groups is 1. The Bertz CT molecular complexity index is 1690. The second-order valence-electron chi connectivity index (χ2n) is 11.5. The molecule has 2 heterocycles. The Kier molecular flexibility index (Phi) is 9.41. The smallest absolute Gasteiger partial charge is 0.377 e. The van der Waals surface area contributed by atoms with E-state index in [1.165, 1.54) is 12.1 Å². The molecule has 45 heavy (non-hydrogen) atoms. The topological polar surface area (TPSA) is 114 Å². The summed E-state index contributed by atoms with van der Waals surface area (Å²) in [6.45, 7) is 5.86. The van der Waals surface area contributed by atoms with E-state index in [0.29, 0.717) is 30.7 Å². The van der Waals surface area contributed by atoms with Crippen molar-refractivity contribution in [2.24, 2.45) is 4.99 Å². The lowest BCUT2D eigenvalue weighted by molar-refractivity contribution is -0.137. The summed E-state index contributed by atoms with van der Waals surface area (Å²) in [7, 11) is -4.55. The standard InChI is InChI=1S/C32H37F3N4O5S/c1-4-6-13-27-36-31(16-9-10-17-31)30(40)39(27)19-22-14-15-24(23(18-22)20-43-5-2)25-11-7-8-12-26(25)45(41,42)38-29-28(32(33,34)35)21(3)44-37-29/h7-8,11-12,14-15,18H,4-6,9-10,13,16-17,19-20H2,1-3H3,(H,37,38). The van der Waals surface area contributed by atoms with Gasteiger partial charge in [0.15, 0.2) is 5.82 Å². The molecule has 9 nitrogen and oxygen atoms in total. The van der Waals surface area contributed by atoms with Crippen LogP contribution in [0.25, 0.3) is 11.1 Å². The number of aryl methyl sites for hydroxylation is 1. The van der Waals surface area contributed by atoms with Crippen LogP contribution in [0.2, 0.25) is 0 Å². The number of alkyl halides is 3. The molecule has 0 atom stereocenters. The Morgan fingerprint density at radius 3 is 2.51 bits per heavy atom. The predicted molar refractivity (Wildman–Crippen MR) is 163 cm³/mol. The van der Waals surface area contributed by atoms with Crippen molar-refractivity contribution >= 4 is 27.6 Å². The first-order chi connectivity index (χ1) is 21.4. The van der Waals surface area contributed by atoms with Crippen molar-refractivity contribution in [3.8, 4) is 11.1 Å². The number of aromatic nitrogens is 1. The van der Waals surface area contributed by atoms with Crippen LogP contribution in [0, 0.1) is 6.92 Å². The fourth-order valence-corrected chi connectivity index (χ4v) is 7.33. The Morgan fingerprint density at radius 2 is 1.82 bits per heavy atom. The fraction of sp³-hybridized carbons (Fsp3) is 0.469. The van der Waals surface area contributed by atoms with Crippen LogP contribution in [0.1, 0.15) is 81.2 Å². The summed E-state index contributed by atoms with van der Waals surface area (Å²) >= 11 is 0. The van der Waals surface area contributed by atoms with Gasteiger partial charge >= 0.3 is 6.18 Å². The zero-order valence-corrected chi connectivity index (χ0v) is 26.4. The van der Waals surface area contributed by atoms with Crippen molar-refractivity contribution in [3.63, 3.8) is 0 Å². The molecule has 1 N–H and O–H groups in total. The van der Waals surface area contributed by atoms with Gasteiger partial charge in [-0.2, -0.15) is 13.2 Å². The molecule has 0 unspecified atom stereocenters. The van der Waals surface area contributed by atoms with Crippen LogP contribution in [-0.4, -0.2) is 42.4 Å². The predicted octanol–water partition coefficient (Wildman–Crippen LogP) is 7.25. The number of carbonyl (C=O) groups is 1. The van der Waals surface area contributed by atoms with Crippen LogP contribution in [0.3, 0.4) is 0 Å². The van der Waals surface area contributed by atoms with Gasteiger partial charge < -0.3 is 9.26 Å². The molecule has 13 heteroatoms. The highest BCUT2D eigenvalue weighted by atomic mass is 32.2. The lowest BCUT2D eigenvalue weighted by Crippen LogP contribution is -2.40. The average Bonchev–Trinajstić information content (AvgIpc) is 3.69. The maximum absolute atomic E-state index is 13.7. The van der Waals surface area contributed by atoms with Crippen molar-refractivity contribution in [2.45, 2.75) is 95.5 Å². The first kappa shape index (κ1) is 32.7. The van der Waals surface area contributed by atoms with E-state index in [1.807, 2.05) is 23.8 Å². The van der Waals surface area contributed by atoms with Gasteiger partial charge in [-0.1, -0.05) is 67.7 Å². The molecule has 1 aromatic heterocycles. The minimum atomic E-state index is -4.88. The zero-order chi connectivity index (χ0) is 32.4. The van der Waals surface area contributed by atoms with Crippen molar-refractivity contribution < 1.29 is 35.6 Å². The maximum atomic E-state index is 13.7. The largest absolute Gasteiger partial charge is 0.423 e. The minimum Gasteiger partial charge on any atom is -0.377 e. The number of unbranched alkanes of at least 4 members (excludes halogenated alkanes) is 1. The molecule has 1 aliphatic heterocycles. The van der Waals surface area contributed by atoms with Crippen LogP contribution in [0.4, 0.5) is 19.0 Å². The second kappa shape index (κ2) is 13.0. The number of nitrogens with zero attached hydrogens (tertiary/aromatic N) is 3. The number of carbonyl (C=O) groups excluding carboxylic acids is 1. The number of sulfonamides is 1. The van der Waals surface area contributed by atoms with Gasteiger partial charge in [0.1, 0.15) is 22.7 Å². The van der Waals surface area contributed by atoms with E-state index in [0.717, 1.165) is 56.8 Å². The second-order valence-corrected chi connectivity index (χ2v) is 13.1. The molecule has 1 fully saturated rings. The summed E-state index contributed by atoms with van der Waals surface area (Å²) in [5.74, 6) is -0.648. The summed E-state index contributed by atoms with van der Waals surface area (Å²) in [6, 6.07) is 11.5. The Hall–Kier alpha value is -3.71. The quantitative estimate of drug-likeness (QED) is 0.222. The van der Waals surface area contributed by atoms with Gasteiger partial charge in [0, 0.05) is 18.6 Å². The van der Waals surface area contributed by atoms with E-state index in [9.17, 15) is 26.4 Å². The molecule has 2 aromatic carbocycles. The van der Waals surface area contributed by atoms with Crippen molar-refractivity contribution in [1.29, 1.82) is 0 Å². The summed E-state index contributed by atoms with van der Waals surface area (Å²) in [4.78, 5) is 20.2. The molecule has 1 saturated carbocycles. The SMILES string of the molecule is CCCCC1=NC2(CCCC2)C(=O)N1Cc1ccc(-c2ccccc2S(=O)(=O)Nc2noc(C)c2C(F)(F)F)c(COCC)c1. The number of hydrogen-bond acceptors (Lipinski definition) is 7. The van der Waals surface area contributed by atoms with Gasteiger partial charge in [0.2, 0.25) is 0 Å². The van der Waals surface area contributed by atoms with E-state index in [2.05, 4.69) is 16.6 Å². The molecular formula is C32H37F3N4O5S. The third-order valence-electron chi connectivity index (χ3n) is 8.30. The number of anilines is 1. The third kappa shape index (κ3) is 6.64. The molecule has 242 valence electrons. The molecule has 1 amide bonds. The van der Waals surface area contributed by atoms with Crippen molar-refractivity contribution in [2.75, 3.05) is 11.3 Å². The van der Waals surface area contributed by atoms with Crippen molar-refractivity contribution in [3.05, 3.63) is 64.9 Å². The van der Waals surface area contributed by atoms with Crippen LogP contribution < -0.4 is 4.72 Å². The lowest BCUT2D eigenvalue weighted by atomic mass is 9.96. The number of halogens is 3. The average molecular weight is 647 g/mol. The van der Waals surface area contributed by atoms with E-state index < -0.39 is 38.9 Å². The zero-order valence-electron chi connectivity index (χ0n) is 25.5. The van der Waals surface area contributed by atoms with E-state index >= 15 is 0 Å². The highest BCUT2D eigenvalue weighted by Crippen LogP contribution is 2.41. The number of ether oxygens (including phenoxy) is 1. The van der Waals surface area contributed by atoms with Crippen LogP contribution in [-0.2, 0) is 38.9 Å². The molecule has 0 radical (unpaired) electrons. The molecule has 0 bridgehead atoms. The minimum absolute atomic E-state index is 0.0328. The number of amidine groups is 1. The molecule has 0 saturated heterocycles. The molecule has 1 spiro atoms. The van der Waals surface area contributed by atoms with Gasteiger partial charge in [-0.3, -0.25) is 19.4 Å². The third-order valence-corrected chi connectivity index (χ3v) is 9.70. The van der Waals surface area contributed by atoms with Gasteiger partial charge in [-0.25, -0.2) is 8.42 Å². The summed E-state index contributed by atoms with van der Waals surface area (Å²) in [5.41, 5.74) is 0.341. The molecular weight excluding hydrogens is 609 g/mol. The Morgan fingerprint density at radius 1 is 1.09 bits per heavy atom. The van der Waals surface area contributed by atoms with Crippen LogP contribution in [0.15, 0.2) is 56.9 Å². The van der Waals surface area contributed by atoms with Crippen LogP contribution in [0.5, 0.6) is 0 Å². The number of hydrogen-bond donors (Lipinski definition) is 1. The number of nitrogens with one attached hydrogen (secondary N) is 1. The van der Waals surface area contributed by atoms with E-state index in [4.69, 9.17) is 9.73 Å². The number of rotatable bonds is 12. The molecule has 2 aliphatic rings. The Labute approximate surface area is 260 Å². The molecule has 5 rings (SSSR count). The van der Waals surface area contributed by atoms with Gasteiger partial charge in [-0.15, -0.1) is 0 Å². The van der Waals surface area contributed by atoms with Gasteiger partial charge in [0.25, 0.3) is 15.9 Å². The fourth-order valence-electron chi connectivity index (χ4n) is 6.10. The number of amides is 1. The highest BCUT2D eigenvalue weighted by molar-refractivity contribution is 7.92. The monoisotopic (exact) mass is 646 g/mol. The lowest BCUT2D eigenvalue weighted by Gasteiger charge is -2.23. The van der Waals surface area contributed by atoms with E-state index in [1.54, 1.807) is 23.1 Å². The summed E-state index contributed by atoms with van der Waals surface area (Å²) in [6.07, 6.45) is 1.19. The Balaban J connectivity index is 1.49. The number of benzene rings is 2. The maximum Gasteiger partial charge on any atom is 0.423 e. The molecule has 1 aliphatic carbocycles. The summed E-state index contributed by atoms with van der Waals surface area (Å²) in [5, 5.41) is 3.32. The first-order valence-electron chi connectivity index (χ1n) is 15.2. The highest BCUT2D eigenvalue weighted by Gasteiger charge is 2.49. The first-order valence-corrected chi connectivity index (χ1v) is 16.6. The van der Waals surface area contributed by atoms with Crippen LogP contribution >= 0.6 is 0 Å². The molecule has 3 aromatic rings. The van der Waals surface area contributed by atoms with Gasteiger partial charge in [0.05, 0.1) is 18.0 Å². The summed E-state index contributed by atoms with van der Waals surface area (Å²) < 4.78 is 80.4. The van der Waals surface area contributed by atoms with E-state index in [-0.39, 0.29) is 23.0 Å². The normalized spacial score (nSPS) is 16.5. The van der Waals surface area contributed by atoms with Crippen molar-refractivity contribution in [1.82, 2.24) is 10.1 Å².